The van der Waals surface area contributed by atoms with E-state index in [1.54, 1.807) is 23.9 Å². The monoisotopic (exact) mass is 384 g/mol. The molecule has 0 bridgehead atoms. The number of hydrogen-bond donors (Lipinski definition) is 1. The van der Waals surface area contributed by atoms with E-state index in [1.807, 2.05) is 73.7 Å². The molecule has 0 fully saturated rings. The number of rotatable bonds is 7. The van der Waals surface area contributed by atoms with Crippen LogP contribution in [-0.4, -0.2) is 14.5 Å². The highest BCUT2D eigenvalue weighted by molar-refractivity contribution is 5.83. The summed E-state index contributed by atoms with van der Waals surface area (Å²) in [4.78, 5) is 22.0. The first-order valence-corrected chi connectivity index (χ1v) is 9.43. The van der Waals surface area contributed by atoms with E-state index in [1.165, 1.54) is 0 Å². The lowest BCUT2D eigenvalue weighted by Gasteiger charge is -2.11. The van der Waals surface area contributed by atoms with Crippen molar-refractivity contribution in [3.63, 3.8) is 0 Å². The van der Waals surface area contributed by atoms with Crippen LogP contribution < -0.4 is 10.9 Å². The number of nitrogens with one attached hydrogen (secondary N) is 1. The number of pyridine rings is 1. The molecule has 2 heterocycles. The molecule has 0 spiro atoms. The van der Waals surface area contributed by atoms with Gasteiger partial charge in [0.1, 0.15) is 5.65 Å². The van der Waals surface area contributed by atoms with E-state index in [0.29, 0.717) is 17.2 Å². The number of anilines is 2. The van der Waals surface area contributed by atoms with Crippen molar-refractivity contribution in [3.05, 3.63) is 102 Å². The smallest absolute Gasteiger partial charge is 0.259 e. The maximum atomic E-state index is 13.1. The molecular formula is C24H24N4O. The lowest BCUT2D eigenvalue weighted by atomic mass is 10.0. The minimum atomic E-state index is -0.109. The van der Waals surface area contributed by atoms with E-state index in [0.717, 1.165) is 23.1 Å². The second-order valence-electron chi connectivity index (χ2n) is 6.44. The van der Waals surface area contributed by atoms with E-state index < -0.39 is 0 Å². The van der Waals surface area contributed by atoms with Gasteiger partial charge in [-0.1, -0.05) is 61.2 Å². The number of benzene rings is 1. The van der Waals surface area contributed by atoms with Crippen LogP contribution in [0.3, 0.4) is 0 Å². The third kappa shape index (κ3) is 4.76. The first kappa shape index (κ1) is 20.0. The molecule has 5 heteroatoms. The summed E-state index contributed by atoms with van der Waals surface area (Å²) in [5.74, 6) is 0.446. The minimum Gasteiger partial charge on any atom is -0.324 e. The Balaban J connectivity index is 2.06. The first-order valence-electron chi connectivity index (χ1n) is 9.43. The highest BCUT2D eigenvalue weighted by Crippen LogP contribution is 2.20. The van der Waals surface area contributed by atoms with Gasteiger partial charge < -0.3 is 5.32 Å². The Bertz CT molecular complexity index is 1150. The molecule has 0 radical (unpaired) electrons. The summed E-state index contributed by atoms with van der Waals surface area (Å²) in [6.45, 7) is 5.69. The van der Waals surface area contributed by atoms with E-state index in [2.05, 4.69) is 21.9 Å². The molecule has 2 aromatic heterocycles. The van der Waals surface area contributed by atoms with Gasteiger partial charge >= 0.3 is 0 Å². The Hall–Kier alpha value is -3.73. The second-order valence-corrected chi connectivity index (χ2v) is 6.44. The zero-order chi connectivity index (χ0) is 20.6. The molecule has 0 atom stereocenters. The Morgan fingerprint density at radius 3 is 2.79 bits per heavy atom. The average Bonchev–Trinajstić information content (AvgIpc) is 2.74. The van der Waals surface area contributed by atoms with E-state index in [9.17, 15) is 4.79 Å². The highest BCUT2D eigenvalue weighted by atomic mass is 16.1. The number of hydrogen-bond acceptors (Lipinski definition) is 4. The fraction of sp³-hybridized carbons (Fsp3) is 0.125. The predicted molar refractivity (Wildman–Crippen MR) is 121 cm³/mol. The number of allylic oxidation sites excluding steroid dienone is 7. The molecule has 0 unspecified atom stereocenters. The van der Waals surface area contributed by atoms with Crippen LogP contribution in [0.25, 0.3) is 16.6 Å². The molecule has 0 saturated carbocycles. The van der Waals surface area contributed by atoms with Crippen molar-refractivity contribution in [1.82, 2.24) is 14.5 Å². The van der Waals surface area contributed by atoms with Crippen LogP contribution in [0.4, 0.5) is 11.6 Å². The second kappa shape index (κ2) is 9.46. The van der Waals surface area contributed by atoms with Crippen molar-refractivity contribution in [2.24, 2.45) is 7.05 Å². The zero-order valence-electron chi connectivity index (χ0n) is 16.7. The molecule has 0 aliphatic heterocycles. The largest absolute Gasteiger partial charge is 0.324 e. The highest BCUT2D eigenvalue weighted by Gasteiger charge is 2.11. The van der Waals surface area contributed by atoms with Gasteiger partial charge in [0, 0.05) is 29.9 Å². The van der Waals surface area contributed by atoms with Crippen LogP contribution in [-0.2, 0) is 7.05 Å². The molecule has 0 aliphatic carbocycles. The summed E-state index contributed by atoms with van der Waals surface area (Å²) in [5, 5.41) is 3.96. The van der Waals surface area contributed by atoms with Crippen molar-refractivity contribution in [2.45, 2.75) is 13.3 Å². The van der Waals surface area contributed by atoms with Gasteiger partial charge in [-0.05, 0) is 37.1 Å². The van der Waals surface area contributed by atoms with Crippen molar-refractivity contribution in [1.29, 1.82) is 0 Å². The molecular weight excluding hydrogens is 360 g/mol. The predicted octanol–water partition coefficient (Wildman–Crippen LogP) is 5.16. The summed E-state index contributed by atoms with van der Waals surface area (Å²) in [5.41, 5.74) is 2.80. The summed E-state index contributed by atoms with van der Waals surface area (Å²) in [7, 11) is 1.73. The summed E-state index contributed by atoms with van der Waals surface area (Å²) < 4.78 is 1.56. The minimum absolute atomic E-state index is 0.109. The fourth-order valence-electron chi connectivity index (χ4n) is 2.93. The van der Waals surface area contributed by atoms with Gasteiger partial charge in [0.2, 0.25) is 5.95 Å². The Morgan fingerprint density at radius 1 is 1.28 bits per heavy atom. The van der Waals surface area contributed by atoms with Gasteiger partial charge in [0.25, 0.3) is 5.56 Å². The van der Waals surface area contributed by atoms with E-state index in [-0.39, 0.29) is 5.56 Å². The molecule has 1 aromatic carbocycles. The van der Waals surface area contributed by atoms with Gasteiger partial charge in [-0.2, -0.15) is 4.98 Å². The third-order valence-corrected chi connectivity index (χ3v) is 4.41. The van der Waals surface area contributed by atoms with Gasteiger partial charge in [-0.15, -0.1) is 0 Å². The molecule has 0 saturated heterocycles. The fourth-order valence-corrected chi connectivity index (χ4v) is 2.93. The maximum Gasteiger partial charge on any atom is 0.259 e. The topological polar surface area (TPSA) is 59.8 Å². The molecule has 146 valence electrons. The van der Waals surface area contributed by atoms with Crippen LogP contribution >= 0.6 is 0 Å². The molecule has 3 aromatic rings. The van der Waals surface area contributed by atoms with Crippen LogP contribution in [0.5, 0.6) is 0 Å². The quantitative estimate of drug-likeness (QED) is 0.451. The maximum absolute atomic E-state index is 13.1. The number of fused-ring (bicyclic) bond motifs is 1. The van der Waals surface area contributed by atoms with Gasteiger partial charge in [-0.3, -0.25) is 9.36 Å². The SMILES string of the molecule is C=C/C=C\C(=C/C/C=C\C)c1cc2cnc(Nc3ccccc3)nc2n(C)c1=O. The number of para-hydroxylation sites is 1. The van der Waals surface area contributed by atoms with Crippen molar-refractivity contribution < 1.29 is 0 Å². The Labute approximate surface area is 170 Å². The number of aryl methyl sites for hydroxylation is 1. The number of nitrogens with zero attached hydrogens (tertiary/aromatic N) is 3. The Kier molecular flexibility index (Phi) is 6.53. The van der Waals surface area contributed by atoms with Crippen LogP contribution in [0.15, 0.2) is 90.4 Å². The molecule has 5 nitrogen and oxygen atoms in total. The summed E-state index contributed by atoms with van der Waals surface area (Å²) in [6, 6.07) is 11.5. The molecule has 0 aliphatic rings. The number of aromatic nitrogens is 3. The molecule has 29 heavy (non-hydrogen) atoms. The molecule has 1 N–H and O–H groups in total. The summed E-state index contributed by atoms with van der Waals surface area (Å²) >= 11 is 0. The van der Waals surface area contributed by atoms with E-state index in [4.69, 9.17) is 0 Å². The average molecular weight is 384 g/mol. The van der Waals surface area contributed by atoms with Crippen molar-refractivity contribution in [3.8, 4) is 0 Å². The molecule has 3 rings (SSSR count). The Morgan fingerprint density at radius 2 is 2.07 bits per heavy atom. The van der Waals surface area contributed by atoms with Crippen LogP contribution in [0.2, 0.25) is 0 Å². The first-order chi connectivity index (χ1) is 14.1. The van der Waals surface area contributed by atoms with Crippen molar-refractivity contribution >= 4 is 28.2 Å². The third-order valence-electron chi connectivity index (χ3n) is 4.41. The van der Waals surface area contributed by atoms with E-state index >= 15 is 0 Å². The van der Waals surface area contributed by atoms with Crippen LogP contribution in [0, 0.1) is 0 Å². The zero-order valence-corrected chi connectivity index (χ0v) is 16.7. The standard InChI is InChI=1S/C24H24N4O/c1-4-6-9-13-18(12-7-5-2)21-16-19-17-25-24(26-20-14-10-8-11-15-20)27-22(19)28(3)23(21)29/h4-8,10-17H,2,9H2,1,3H3,(H,25,26,27)/b6-4-,12-7-,18-13+. The van der Waals surface area contributed by atoms with Crippen LogP contribution in [0.1, 0.15) is 18.9 Å². The lowest BCUT2D eigenvalue weighted by Crippen LogP contribution is -2.21. The normalized spacial score (nSPS) is 12.1. The van der Waals surface area contributed by atoms with Crippen molar-refractivity contribution in [2.75, 3.05) is 5.32 Å². The van der Waals surface area contributed by atoms with Gasteiger partial charge in [0.05, 0.1) is 0 Å². The van der Waals surface area contributed by atoms with Gasteiger partial charge in [0.15, 0.2) is 0 Å². The summed E-state index contributed by atoms with van der Waals surface area (Å²) in [6.07, 6.45) is 13.9. The van der Waals surface area contributed by atoms with Gasteiger partial charge in [-0.25, -0.2) is 4.98 Å². The molecule has 0 amide bonds. The lowest BCUT2D eigenvalue weighted by molar-refractivity contribution is 0.880.